The number of amides is 1. The third-order valence-electron chi connectivity index (χ3n) is 1.67. The highest BCUT2D eigenvalue weighted by Gasteiger charge is 2.04. The molecule has 1 aromatic rings. The van der Waals surface area contributed by atoms with Crippen molar-refractivity contribution in [1.29, 1.82) is 0 Å². The monoisotopic (exact) mass is 183 g/mol. The molecule has 13 heavy (non-hydrogen) atoms. The topological polar surface area (TPSA) is 58.4 Å². The van der Waals surface area contributed by atoms with Gasteiger partial charge in [0.25, 0.3) is 0 Å². The van der Waals surface area contributed by atoms with Gasteiger partial charge in [0.15, 0.2) is 5.75 Å². The first kappa shape index (κ1) is 9.57. The number of nitrogens with zero attached hydrogens (tertiary/aromatic N) is 3. The lowest BCUT2D eigenvalue weighted by atomic mass is 10.4. The molecule has 0 aliphatic rings. The van der Waals surface area contributed by atoms with Crippen molar-refractivity contribution in [3.63, 3.8) is 0 Å². The Balaban J connectivity index is 2.39. The highest BCUT2D eigenvalue weighted by atomic mass is 16.3. The van der Waals surface area contributed by atoms with Crippen LogP contribution in [0.3, 0.4) is 0 Å². The number of hydrogen-bond donors (Lipinski definition) is 1. The van der Waals surface area contributed by atoms with E-state index in [-0.39, 0.29) is 11.7 Å². The molecule has 5 nitrogen and oxygen atoms in total. The number of hydrogen-bond acceptors (Lipinski definition) is 3. The number of aromatic nitrogens is 2. The Kier molecular flexibility index (Phi) is 2.89. The summed E-state index contributed by atoms with van der Waals surface area (Å²) in [4.78, 5) is 12.7. The summed E-state index contributed by atoms with van der Waals surface area (Å²) in [7, 11) is 3.42. The Hall–Kier alpha value is -1.52. The largest absolute Gasteiger partial charge is 0.505 e. The van der Waals surface area contributed by atoms with E-state index in [1.54, 1.807) is 14.1 Å². The maximum Gasteiger partial charge on any atom is 0.223 e. The zero-order chi connectivity index (χ0) is 9.84. The van der Waals surface area contributed by atoms with Crippen molar-refractivity contribution >= 4 is 5.91 Å². The van der Waals surface area contributed by atoms with E-state index in [1.165, 1.54) is 22.0 Å². The number of carbonyl (C=O) groups excluding carboxylic acids is 1. The normalized spacial score (nSPS) is 10.0. The average Bonchev–Trinajstić information content (AvgIpc) is 2.47. The summed E-state index contributed by atoms with van der Waals surface area (Å²) >= 11 is 0. The quantitative estimate of drug-likeness (QED) is 0.721. The van der Waals surface area contributed by atoms with Crippen molar-refractivity contribution < 1.29 is 9.90 Å². The van der Waals surface area contributed by atoms with E-state index in [2.05, 4.69) is 5.10 Å². The van der Waals surface area contributed by atoms with E-state index in [9.17, 15) is 4.79 Å². The van der Waals surface area contributed by atoms with Gasteiger partial charge in [-0.2, -0.15) is 5.10 Å². The Morgan fingerprint density at radius 1 is 1.69 bits per heavy atom. The summed E-state index contributed by atoms with van der Waals surface area (Å²) < 4.78 is 1.54. The Labute approximate surface area is 76.6 Å². The summed E-state index contributed by atoms with van der Waals surface area (Å²) in [5.74, 6) is 0.173. The van der Waals surface area contributed by atoms with Crippen molar-refractivity contribution in [3.8, 4) is 5.75 Å². The molecule has 0 radical (unpaired) electrons. The lowest BCUT2D eigenvalue weighted by Gasteiger charge is -2.09. The minimum Gasteiger partial charge on any atom is -0.505 e. The summed E-state index contributed by atoms with van der Waals surface area (Å²) in [6.45, 7) is 0.498. The first-order valence-corrected chi connectivity index (χ1v) is 4.01. The van der Waals surface area contributed by atoms with E-state index in [0.29, 0.717) is 13.0 Å². The second-order valence-corrected chi connectivity index (χ2v) is 3.00. The third kappa shape index (κ3) is 2.77. The fraction of sp³-hybridized carbons (Fsp3) is 0.500. The third-order valence-corrected chi connectivity index (χ3v) is 1.67. The zero-order valence-electron chi connectivity index (χ0n) is 7.77. The molecule has 0 aliphatic heterocycles. The Morgan fingerprint density at radius 2 is 2.38 bits per heavy atom. The zero-order valence-corrected chi connectivity index (χ0v) is 7.77. The summed E-state index contributed by atoms with van der Waals surface area (Å²) in [5.41, 5.74) is 0. The van der Waals surface area contributed by atoms with Crippen LogP contribution in [0.25, 0.3) is 0 Å². The molecule has 1 rings (SSSR count). The smallest absolute Gasteiger partial charge is 0.223 e. The standard InChI is InChI=1S/C8H13N3O2/c1-10(2)8(13)3-4-11-6-7(12)5-9-11/h5-6,12H,3-4H2,1-2H3. The van der Waals surface area contributed by atoms with Crippen molar-refractivity contribution in [3.05, 3.63) is 12.4 Å². The maximum atomic E-state index is 11.1. The van der Waals surface area contributed by atoms with Gasteiger partial charge in [-0.3, -0.25) is 9.48 Å². The highest BCUT2D eigenvalue weighted by molar-refractivity contribution is 5.75. The minimum absolute atomic E-state index is 0.0509. The first-order valence-electron chi connectivity index (χ1n) is 4.01. The van der Waals surface area contributed by atoms with Crippen LogP contribution in [0, 0.1) is 0 Å². The van der Waals surface area contributed by atoms with Crippen molar-refractivity contribution in [2.75, 3.05) is 14.1 Å². The van der Waals surface area contributed by atoms with Crippen LogP contribution < -0.4 is 0 Å². The highest BCUT2D eigenvalue weighted by Crippen LogP contribution is 2.04. The average molecular weight is 183 g/mol. The summed E-state index contributed by atoms with van der Waals surface area (Å²) in [5, 5.41) is 12.8. The maximum absolute atomic E-state index is 11.1. The molecule has 0 saturated carbocycles. The van der Waals surface area contributed by atoms with Gasteiger partial charge in [0.2, 0.25) is 5.91 Å². The van der Waals surface area contributed by atoms with Gasteiger partial charge in [0.05, 0.1) is 12.4 Å². The molecule has 1 N–H and O–H groups in total. The molecule has 0 aliphatic carbocycles. The van der Waals surface area contributed by atoms with E-state index in [4.69, 9.17) is 5.11 Å². The fourth-order valence-corrected chi connectivity index (χ4v) is 0.909. The van der Waals surface area contributed by atoms with Gasteiger partial charge >= 0.3 is 0 Å². The van der Waals surface area contributed by atoms with Crippen LogP contribution in [0.1, 0.15) is 6.42 Å². The molecule has 0 fully saturated rings. The van der Waals surface area contributed by atoms with E-state index in [1.807, 2.05) is 0 Å². The van der Waals surface area contributed by atoms with Gasteiger partial charge < -0.3 is 10.0 Å². The number of rotatable bonds is 3. The summed E-state index contributed by atoms with van der Waals surface area (Å²) in [6, 6.07) is 0. The predicted molar refractivity (Wildman–Crippen MR) is 47.2 cm³/mol. The van der Waals surface area contributed by atoms with Crippen LogP contribution in [-0.2, 0) is 11.3 Å². The van der Waals surface area contributed by atoms with Crippen LogP contribution >= 0.6 is 0 Å². The molecule has 0 saturated heterocycles. The molecule has 0 unspecified atom stereocenters. The molecule has 1 aromatic heterocycles. The van der Waals surface area contributed by atoms with Crippen LogP contribution in [0.4, 0.5) is 0 Å². The molecule has 5 heteroatoms. The number of aryl methyl sites for hydroxylation is 1. The minimum atomic E-state index is 0.0509. The van der Waals surface area contributed by atoms with Crippen LogP contribution in [-0.4, -0.2) is 39.8 Å². The number of carbonyl (C=O) groups is 1. The van der Waals surface area contributed by atoms with Gasteiger partial charge in [-0.1, -0.05) is 0 Å². The molecule has 72 valence electrons. The lowest BCUT2D eigenvalue weighted by molar-refractivity contribution is -0.128. The molecule has 0 bridgehead atoms. The van der Waals surface area contributed by atoms with Crippen molar-refractivity contribution in [1.82, 2.24) is 14.7 Å². The van der Waals surface area contributed by atoms with Crippen molar-refractivity contribution in [2.45, 2.75) is 13.0 Å². The first-order chi connectivity index (χ1) is 6.09. The molecular formula is C8H13N3O2. The Morgan fingerprint density at radius 3 is 2.85 bits per heavy atom. The van der Waals surface area contributed by atoms with Gasteiger partial charge in [-0.15, -0.1) is 0 Å². The van der Waals surface area contributed by atoms with Crippen LogP contribution in [0.15, 0.2) is 12.4 Å². The fourth-order valence-electron chi connectivity index (χ4n) is 0.909. The van der Waals surface area contributed by atoms with Gasteiger partial charge in [0, 0.05) is 27.1 Å². The van der Waals surface area contributed by atoms with Gasteiger partial charge in [-0.25, -0.2) is 0 Å². The lowest BCUT2D eigenvalue weighted by Crippen LogP contribution is -2.22. The molecule has 0 aromatic carbocycles. The molecular weight excluding hydrogens is 170 g/mol. The Bertz CT molecular complexity index is 293. The van der Waals surface area contributed by atoms with E-state index >= 15 is 0 Å². The van der Waals surface area contributed by atoms with Gasteiger partial charge in [-0.05, 0) is 0 Å². The van der Waals surface area contributed by atoms with E-state index in [0.717, 1.165) is 0 Å². The van der Waals surface area contributed by atoms with E-state index < -0.39 is 0 Å². The molecule has 1 amide bonds. The van der Waals surface area contributed by atoms with Crippen LogP contribution in [0.5, 0.6) is 5.75 Å². The van der Waals surface area contributed by atoms with Crippen molar-refractivity contribution in [2.24, 2.45) is 0 Å². The summed E-state index contributed by atoms with van der Waals surface area (Å²) in [6.07, 6.45) is 3.23. The molecule has 0 spiro atoms. The number of aromatic hydroxyl groups is 1. The predicted octanol–water partition coefficient (Wildman–Crippen LogP) is 0.0670. The van der Waals surface area contributed by atoms with Gasteiger partial charge in [0.1, 0.15) is 0 Å². The molecule has 1 heterocycles. The van der Waals surface area contributed by atoms with Crippen LogP contribution in [0.2, 0.25) is 0 Å². The second-order valence-electron chi connectivity index (χ2n) is 3.00. The second kappa shape index (κ2) is 3.93. The molecule has 0 atom stereocenters. The SMILES string of the molecule is CN(C)C(=O)CCn1cc(O)cn1.